The van der Waals surface area contributed by atoms with Crippen LogP contribution < -0.4 is 5.73 Å². The Morgan fingerprint density at radius 2 is 1.97 bits per heavy atom. The van der Waals surface area contributed by atoms with Gasteiger partial charge in [-0.05, 0) is 55.6 Å². The third-order valence-corrected chi connectivity index (χ3v) is 4.87. The Hall–Kier alpha value is -3.22. The highest BCUT2D eigenvalue weighted by molar-refractivity contribution is 6.32. The van der Waals surface area contributed by atoms with E-state index in [4.69, 9.17) is 17.3 Å². The molecular weight excluding hydrogens is 384 g/mol. The Morgan fingerprint density at radius 1 is 1.10 bits per heavy atom. The average Bonchev–Trinajstić information content (AvgIpc) is 3.09. The number of H-pyrrole nitrogens is 1. The monoisotopic (exact) mass is 404 g/mol. The summed E-state index contributed by atoms with van der Waals surface area (Å²) in [5.74, 6) is 0.254. The SMILES string of the molecule is CN(C)Cc1ccc(C=Cc2n[nH]c3cc(-c4ccnc(N)n4)ccc23)c(Cl)c1. The summed E-state index contributed by atoms with van der Waals surface area (Å²) >= 11 is 6.45. The molecule has 0 fully saturated rings. The van der Waals surface area contributed by atoms with E-state index < -0.39 is 0 Å². The number of aromatic nitrogens is 4. The largest absolute Gasteiger partial charge is 0.368 e. The topological polar surface area (TPSA) is 83.7 Å². The van der Waals surface area contributed by atoms with Gasteiger partial charge in [0.2, 0.25) is 5.95 Å². The van der Waals surface area contributed by atoms with E-state index in [2.05, 4.69) is 31.1 Å². The lowest BCUT2D eigenvalue weighted by atomic mass is 10.1. The lowest BCUT2D eigenvalue weighted by Crippen LogP contribution is -2.10. The minimum Gasteiger partial charge on any atom is -0.368 e. The van der Waals surface area contributed by atoms with E-state index in [1.807, 2.05) is 62.6 Å². The van der Waals surface area contributed by atoms with E-state index in [0.29, 0.717) is 0 Å². The molecule has 0 aliphatic rings. The molecule has 6 nitrogen and oxygen atoms in total. The van der Waals surface area contributed by atoms with Gasteiger partial charge in [0.25, 0.3) is 0 Å². The quantitative estimate of drug-likeness (QED) is 0.512. The number of hydrogen-bond acceptors (Lipinski definition) is 5. The van der Waals surface area contributed by atoms with Crippen molar-refractivity contribution in [2.24, 2.45) is 0 Å². The summed E-state index contributed by atoms with van der Waals surface area (Å²) in [6.45, 7) is 0.855. The predicted octanol–water partition coefficient (Wildman–Crippen LogP) is 4.49. The van der Waals surface area contributed by atoms with E-state index in [9.17, 15) is 0 Å². The summed E-state index contributed by atoms with van der Waals surface area (Å²) in [7, 11) is 4.07. The van der Waals surface area contributed by atoms with Crippen molar-refractivity contribution in [2.75, 3.05) is 19.8 Å². The van der Waals surface area contributed by atoms with E-state index in [-0.39, 0.29) is 5.95 Å². The Balaban J connectivity index is 1.60. The molecule has 0 amide bonds. The molecule has 0 bridgehead atoms. The molecule has 0 saturated heterocycles. The van der Waals surface area contributed by atoms with Gasteiger partial charge >= 0.3 is 0 Å². The number of halogens is 1. The number of anilines is 1. The number of nitrogens with zero attached hydrogens (tertiary/aromatic N) is 4. The Morgan fingerprint density at radius 3 is 2.72 bits per heavy atom. The van der Waals surface area contributed by atoms with Crippen LogP contribution in [0.4, 0.5) is 5.95 Å². The van der Waals surface area contributed by atoms with Crippen molar-refractivity contribution in [1.82, 2.24) is 25.1 Å². The van der Waals surface area contributed by atoms with Crippen LogP contribution in [-0.2, 0) is 6.54 Å². The van der Waals surface area contributed by atoms with Crippen LogP contribution in [0.2, 0.25) is 5.02 Å². The second kappa shape index (κ2) is 8.03. The number of rotatable bonds is 5. The molecule has 0 atom stereocenters. The molecule has 4 aromatic rings. The number of fused-ring (bicyclic) bond motifs is 1. The van der Waals surface area contributed by atoms with Gasteiger partial charge < -0.3 is 10.6 Å². The standard InChI is InChI=1S/C22H21ClN6/c1-29(2)13-14-3-4-15(18(23)11-14)6-8-20-17-7-5-16(12-21(17)28-27-20)19-9-10-25-22(24)26-19/h3-12H,13H2,1-2H3,(H,27,28)(H2,24,25,26). The van der Waals surface area contributed by atoms with Crippen LogP contribution in [0.15, 0.2) is 48.7 Å². The van der Waals surface area contributed by atoms with E-state index in [1.165, 1.54) is 5.56 Å². The first-order valence-electron chi connectivity index (χ1n) is 9.18. The highest BCUT2D eigenvalue weighted by Crippen LogP contribution is 2.26. The molecule has 2 aromatic carbocycles. The number of nitrogens with two attached hydrogens (primary N) is 1. The van der Waals surface area contributed by atoms with Gasteiger partial charge in [0.15, 0.2) is 0 Å². The van der Waals surface area contributed by atoms with E-state index in [1.54, 1.807) is 6.20 Å². The first-order chi connectivity index (χ1) is 14.0. The fraction of sp³-hybridized carbons (Fsp3) is 0.136. The lowest BCUT2D eigenvalue weighted by Gasteiger charge is -2.10. The average molecular weight is 405 g/mol. The molecule has 0 aliphatic heterocycles. The van der Waals surface area contributed by atoms with Crippen LogP contribution in [0, 0.1) is 0 Å². The molecule has 0 spiro atoms. The normalized spacial score (nSPS) is 11.7. The van der Waals surface area contributed by atoms with Crippen molar-refractivity contribution >= 4 is 40.6 Å². The van der Waals surface area contributed by atoms with Crippen molar-refractivity contribution < 1.29 is 0 Å². The third kappa shape index (κ3) is 4.29. The molecular formula is C22H21ClN6. The van der Waals surface area contributed by atoms with Gasteiger partial charge in [0, 0.05) is 28.7 Å². The van der Waals surface area contributed by atoms with Crippen molar-refractivity contribution in [3.63, 3.8) is 0 Å². The summed E-state index contributed by atoms with van der Waals surface area (Å²) in [6.07, 6.45) is 5.60. The number of hydrogen-bond donors (Lipinski definition) is 2. The molecule has 3 N–H and O–H groups in total. The van der Waals surface area contributed by atoms with Crippen molar-refractivity contribution in [2.45, 2.75) is 6.54 Å². The van der Waals surface area contributed by atoms with Crippen LogP contribution >= 0.6 is 11.6 Å². The molecule has 2 heterocycles. The third-order valence-electron chi connectivity index (χ3n) is 4.55. The van der Waals surface area contributed by atoms with Gasteiger partial charge in [0.05, 0.1) is 16.9 Å². The number of nitrogens with one attached hydrogen (secondary N) is 1. The van der Waals surface area contributed by atoms with Crippen LogP contribution in [0.1, 0.15) is 16.8 Å². The maximum absolute atomic E-state index is 6.45. The summed E-state index contributed by atoms with van der Waals surface area (Å²) in [5.41, 5.74) is 11.3. The predicted molar refractivity (Wildman–Crippen MR) is 119 cm³/mol. The zero-order chi connectivity index (χ0) is 20.4. The summed E-state index contributed by atoms with van der Waals surface area (Å²) in [5, 5.41) is 9.26. The highest BCUT2D eigenvalue weighted by atomic mass is 35.5. The van der Waals surface area contributed by atoms with Crippen molar-refractivity contribution in [3.8, 4) is 11.3 Å². The number of benzene rings is 2. The van der Waals surface area contributed by atoms with Gasteiger partial charge in [-0.1, -0.05) is 35.9 Å². The second-order valence-electron chi connectivity index (χ2n) is 7.10. The van der Waals surface area contributed by atoms with Crippen LogP contribution in [0.3, 0.4) is 0 Å². The minimum atomic E-state index is 0.254. The van der Waals surface area contributed by atoms with Gasteiger partial charge in [0.1, 0.15) is 0 Å². The molecule has 4 rings (SSSR count). The first-order valence-corrected chi connectivity index (χ1v) is 9.55. The number of nitrogen functional groups attached to an aromatic ring is 1. The van der Waals surface area contributed by atoms with Crippen molar-refractivity contribution in [3.05, 3.63) is 70.5 Å². The fourth-order valence-corrected chi connectivity index (χ4v) is 3.47. The molecule has 0 unspecified atom stereocenters. The molecule has 7 heteroatoms. The Labute approximate surface area is 174 Å². The van der Waals surface area contributed by atoms with Crippen LogP contribution in [0.5, 0.6) is 0 Å². The number of aromatic amines is 1. The highest BCUT2D eigenvalue weighted by Gasteiger charge is 2.07. The summed E-state index contributed by atoms with van der Waals surface area (Å²) in [4.78, 5) is 10.3. The van der Waals surface area contributed by atoms with Crippen molar-refractivity contribution in [1.29, 1.82) is 0 Å². The Kier molecular flexibility index (Phi) is 5.29. The van der Waals surface area contributed by atoms with Gasteiger partial charge in [-0.3, -0.25) is 5.10 Å². The summed E-state index contributed by atoms with van der Waals surface area (Å²) < 4.78 is 0. The Bertz CT molecular complexity index is 1200. The first kappa shape index (κ1) is 19.1. The molecule has 2 aromatic heterocycles. The summed E-state index contributed by atoms with van der Waals surface area (Å²) in [6, 6.07) is 14.0. The maximum atomic E-state index is 6.45. The van der Waals surface area contributed by atoms with Crippen LogP contribution in [0.25, 0.3) is 34.3 Å². The minimum absolute atomic E-state index is 0.254. The second-order valence-corrected chi connectivity index (χ2v) is 7.50. The van der Waals surface area contributed by atoms with E-state index >= 15 is 0 Å². The maximum Gasteiger partial charge on any atom is 0.220 e. The van der Waals surface area contributed by atoms with E-state index in [0.717, 1.165) is 45.0 Å². The van der Waals surface area contributed by atoms with Gasteiger partial charge in [-0.15, -0.1) is 0 Å². The molecule has 0 radical (unpaired) electrons. The molecule has 146 valence electrons. The van der Waals surface area contributed by atoms with Crippen LogP contribution in [-0.4, -0.2) is 39.2 Å². The molecule has 29 heavy (non-hydrogen) atoms. The lowest BCUT2D eigenvalue weighted by molar-refractivity contribution is 0.402. The van der Waals surface area contributed by atoms with Gasteiger partial charge in [-0.25, -0.2) is 9.97 Å². The zero-order valence-corrected chi connectivity index (χ0v) is 17.0. The van der Waals surface area contributed by atoms with Gasteiger partial charge in [-0.2, -0.15) is 5.10 Å². The fourth-order valence-electron chi connectivity index (χ4n) is 3.20. The molecule has 0 aliphatic carbocycles. The smallest absolute Gasteiger partial charge is 0.220 e. The zero-order valence-electron chi connectivity index (χ0n) is 16.2. The molecule has 0 saturated carbocycles.